The van der Waals surface area contributed by atoms with Gasteiger partial charge in [0.2, 0.25) is 5.91 Å². The van der Waals surface area contributed by atoms with Crippen molar-refractivity contribution < 1.29 is 4.79 Å². The number of carbonyl (C=O) groups excluding carboxylic acids is 1. The van der Waals surface area contributed by atoms with Crippen LogP contribution in [0.1, 0.15) is 12.8 Å². The maximum Gasteiger partial charge on any atom is 0.239 e. The van der Waals surface area contributed by atoms with Gasteiger partial charge in [-0.15, -0.1) is 0 Å². The number of hydrogen-bond acceptors (Lipinski definition) is 3. The Balaban J connectivity index is 3.91. The second-order valence-corrected chi connectivity index (χ2v) is 3.52. The van der Waals surface area contributed by atoms with Gasteiger partial charge in [-0.2, -0.15) is 0 Å². The third-order valence-corrected chi connectivity index (χ3v) is 2.03. The van der Waals surface area contributed by atoms with E-state index < -0.39 is 0 Å². The molecule has 0 spiro atoms. The SMILES string of the molecule is CNC(CCCN=C(N)N)C(=O)N(C)C. The normalized spacial score (nSPS) is 11.9. The summed E-state index contributed by atoms with van der Waals surface area (Å²) in [6.07, 6.45) is 1.51. The highest BCUT2D eigenvalue weighted by Gasteiger charge is 2.16. The van der Waals surface area contributed by atoms with Gasteiger partial charge in [0, 0.05) is 20.6 Å². The number of rotatable bonds is 6. The van der Waals surface area contributed by atoms with Crippen molar-refractivity contribution >= 4 is 11.9 Å². The Hall–Kier alpha value is -1.30. The molecule has 0 bridgehead atoms. The summed E-state index contributed by atoms with van der Waals surface area (Å²) in [7, 11) is 5.25. The van der Waals surface area contributed by atoms with Crippen LogP contribution in [-0.4, -0.2) is 50.5 Å². The van der Waals surface area contributed by atoms with Gasteiger partial charge in [0.05, 0.1) is 6.04 Å². The van der Waals surface area contributed by atoms with Crippen LogP contribution in [0.5, 0.6) is 0 Å². The first-order valence-electron chi connectivity index (χ1n) is 4.92. The van der Waals surface area contributed by atoms with Crippen LogP contribution in [0.15, 0.2) is 4.99 Å². The van der Waals surface area contributed by atoms with Crippen molar-refractivity contribution in [2.24, 2.45) is 16.5 Å². The van der Waals surface area contributed by atoms with Crippen molar-refractivity contribution in [2.45, 2.75) is 18.9 Å². The van der Waals surface area contributed by atoms with E-state index in [4.69, 9.17) is 11.5 Å². The number of carbonyl (C=O) groups is 1. The molecule has 1 amide bonds. The van der Waals surface area contributed by atoms with Crippen LogP contribution < -0.4 is 16.8 Å². The monoisotopic (exact) mass is 215 g/mol. The fourth-order valence-electron chi connectivity index (χ4n) is 1.21. The molecule has 0 rings (SSSR count). The van der Waals surface area contributed by atoms with Crippen molar-refractivity contribution in [3.63, 3.8) is 0 Å². The second-order valence-electron chi connectivity index (χ2n) is 3.52. The molecule has 0 aliphatic heterocycles. The Morgan fingerprint density at radius 1 is 1.47 bits per heavy atom. The smallest absolute Gasteiger partial charge is 0.239 e. The van der Waals surface area contributed by atoms with Crippen molar-refractivity contribution in [1.29, 1.82) is 0 Å². The zero-order valence-corrected chi connectivity index (χ0v) is 9.66. The average Bonchev–Trinajstić information content (AvgIpc) is 2.16. The highest BCUT2D eigenvalue weighted by Crippen LogP contribution is 2.00. The number of likely N-dealkylation sites (N-methyl/N-ethyl adjacent to an activating group) is 2. The van der Waals surface area contributed by atoms with Gasteiger partial charge >= 0.3 is 0 Å². The first-order valence-corrected chi connectivity index (χ1v) is 4.92. The maximum atomic E-state index is 11.6. The summed E-state index contributed by atoms with van der Waals surface area (Å²) in [5.74, 6) is 0.164. The summed E-state index contributed by atoms with van der Waals surface area (Å²) < 4.78 is 0. The number of nitrogens with two attached hydrogens (primary N) is 2. The molecule has 0 aromatic carbocycles. The van der Waals surface area contributed by atoms with E-state index in [1.165, 1.54) is 0 Å². The van der Waals surface area contributed by atoms with Gasteiger partial charge < -0.3 is 21.7 Å². The van der Waals surface area contributed by atoms with Crippen LogP contribution in [0, 0.1) is 0 Å². The average molecular weight is 215 g/mol. The number of aliphatic imine (C=N–C) groups is 1. The van der Waals surface area contributed by atoms with Crippen LogP contribution in [0.25, 0.3) is 0 Å². The van der Waals surface area contributed by atoms with Gasteiger partial charge in [-0.25, -0.2) is 0 Å². The van der Waals surface area contributed by atoms with E-state index in [9.17, 15) is 4.79 Å². The minimum absolute atomic E-state index is 0.0715. The van der Waals surface area contributed by atoms with Gasteiger partial charge in [-0.1, -0.05) is 0 Å². The molecule has 15 heavy (non-hydrogen) atoms. The molecule has 6 heteroatoms. The summed E-state index contributed by atoms with van der Waals surface area (Å²) in [5, 5.41) is 2.97. The lowest BCUT2D eigenvalue weighted by molar-refractivity contribution is -0.130. The Morgan fingerprint density at radius 2 is 2.07 bits per heavy atom. The van der Waals surface area contributed by atoms with Crippen LogP contribution in [0.2, 0.25) is 0 Å². The van der Waals surface area contributed by atoms with E-state index in [-0.39, 0.29) is 17.9 Å². The minimum Gasteiger partial charge on any atom is -0.370 e. The van der Waals surface area contributed by atoms with Crippen molar-refractivity contribution in [1.82, 2.24) is 10.2 Å². The van der Waals surface area contributed by atoms with E-state index >= 15 is 0 Å². The van der Waals surface area contributed by atoms with Gasteiger partial charge in [0.15, 0.2) is 5.96 Å². The molecule has 0 aliphatic rings. The lowest BCUT2D eigenvalue weighted by atomic mass is 10.1. The molecule has 1 unspecified atom stereocenters. The Morgan fingerprint density at radius 3 is 2.47 bits per heavy atom. The minimum atomic E-state index is -0.158. The molecule has 0 aromatic rings. The quantitative estimate of drug-likeness (QED) is 0.292. The number of nitrogens with zero attached hydrogens (tertiary/aromatic N) is 2. The summed E-state index contributed by atoms with van der Waals surface area (Å²) in [6.45, 7) is 0.557. The predicted molar refractivity (Wildman–Crippen MR) is 61.5 cm³/mol. The lowest BCUT2D eigenvalue weighted by Crippen LogP contribution is -2.41. The number of amides is 1. The largest absolute Gasteiger partial charge is 0.370 e. The van der Waals surface area contributed by atoms with E-state index in [0.29, 0.717) is 6.54 Å². The molecule has 0 aliphatic carbocycles. The van der Waals surface area contributed by atoms with Crippen LogP contribution in [-0.2, 0) is 4.79 Å². The molecule has 88 valence electrons. The second kappa shape index (κ2) is 7.05. The molecule has 5 N–H and O–H groups in total. The zero-order valence-electron chi connectivity index (χ0n) is 9.66. The standard InChI is InChI=1S/C9H21N5O/c1-12-7(8(15)14(2)3)5-4-6-13-9(10)11/h7,12H,4-6H2,1-3H3,(H4,10,11,13). The van der Waals surface area contributed by atoms with Crippen LogP contribution >= 0.6 is 0 Å². The van der Waals surface area contributed by atoms with E-state index in [1.807, 2.05) is 0 Å². The molecule has 6 nitrogen and oxygen atoms in total. The molecule has 0 fully saturated rings. The van der Waals surface area contributed by atoms with E-state index in [1.54, 1.807) is 26.0 Å². The van der Waals surface area contributed by atoms with Crippen LogP contribution in [0.4, 0.5) is 0 Å². The summed E-state index contributed by atoms with van der Waals surface area (Å²) in [5.41, 5.74) is 10.4. The van der Waals surface area contributed by atoms with Gasteiger partial charge in [-0.3, -0.25) is 9.79 Å². The fraction of sp³-hybridized carbons (Fsp3) is 0.778. The molecule has 0 aromatic heterocycles. The topological polar surface area (TPSA) is 96.7 Å². The molecule has 0 saturated carbocycles. The third-order valence-electron chi connectivity index (χ3n) is 2.03. The third kappa shape index (κ3) is 5.90. The molecule has 0 saturated heterocycles. The molecular formula is C9H21N5O. The summed E-state index contributed by atoms with van der Waals surface area (Å²) >= 11 is 0. The van der Waals surface area contributed by atoms with Crippen molar-refractivity contribution in [2.75, 3.05) is 27.7 Å². The first-order chi connectivity index (χ1) is 6.99. The van der Waals surface area contributed by atoms with E-state index in [0.717, 1.165) is 12.8 Å². The first kappa shape index (κ1) is 13.7. The number of guanidine groups is 1. The lowest BCUT2D eigenvalue weighted by Gasteiger charge is -2.19. The Bertz CT molecular complexity index is 223. The molecule has 1 atom stereocenters. The Kier molecular flexibility index (Phi) is 6.44. The Labute approximate surface area is 90.7 Å². The molecule has 0 radical (unpaired) electrons. The number of hydrogen-bond donors (Lipinski definition) is 3. The molecular weight excluding hydrogens is 194 g/mol. The molecule has 0 heterocycles. The van der Waals surface area contributed by atoms with Gasteiger partial charge in [0.25, 0.3) is 0 Å². The fourth-order valence-corrected chi connectivity index (χ4v) is 1.21. The predicted octanol–water partition coefficient (Wildman–Crippen LogP) is -1.28. The van der Waals surface area contributed by atoms with Gasteiger partial charge in [-0.05, 0) is 19.9 Å². The highest BCUT2D eigenvalue weighted by molar-refractivity contribution is 5.81. The van der Waals surface area contributed by atoms with Crippen molar-refractivity contribution in [3.8, 4) is 0 Å². The van der Waals surface area contributed by atoms with Gasteiger partial charge in [0.1, 0.15) is 0 Å². The maximum absolute atomic E-state index is 11.6. The summed E-state index contributed by atoms with van der Waals surface area (Å²) in [6, 6.07) is -0.158. The van der Waals surface area contributed by atoms with Crippen LogP contribution in [0.3, 0.4) is 0 Å². The van der Waals surface area contributed by atoms with Crippen molar-refractivity contribution in [3.05, 3.63) is 0 Å². The summed E-state index contributed by atoms with van der Waals surface area (Å²) in [4.78, 5) is 17.0. The van der Waals surface area contributed by atoms with E-state index in [2.05, 4.69) is 10.3 Å². The number of nitrogens with one attached hydrogen (secondary N) is 1. The zero-order chi connectivity index (χ0) is 11.8. The highest BCUT2D eigenvalue weighted by atomic mass is 16.2.